The number of halogens is 1. The number of methoxy groups -OCH3 is 2. The van der Waals surface area contributed by atoms with Crippen molar-refractivity contribution in [2.45, 2.75) is 0 Å². The van der Waals surface area contributed by atoms with Crippen LogP contribution in [0.5, 0.6) is 11.5 Å². The third kappa shape index (κ3) is 4.95. The summed E-state index contributed by atoms with van der Waals surface area (Å²) < 4.78 is 10.4. The van der Waals surface area contributed by atoms with Gasteiger partial charge in [-0.3, -0.25) is 9.59 Å². The van der Waals surface area contributed by atoms with E-state index < -0.39 is 11.8 Å². The van der Waals surface area contributed by atoms with Gasteiger partial charge in [0.1, 0.15) is 0 Å². The number of nitrogens with one attached hydrogen (secondary N) is 2. The molecule has 0 radical (unpaired) electrons. The molecule has 0 fully saturated rings. The maximum Gasteiger partial charge on any atom is 0.329 e. The number of amides is 2. The average Bonchev–Trinajstić information content (AvgIpc) is 2.61. The van der Waals surface area contributed by atoms with Crippen LogP contribution in [0.4, 0.5) is 5.69 Å². The van der Waals surface area contributed by atoms with Gasteiger partial charge in [-0.25, -0.2) is 5.43 Å². The predicted octanol–water partition coefficient (Wildman–Crippen LogP) is 2.45. The van der Waals surface area contributed by atoms with Crippen LogP contribution in [0.2, 0.25) is 5.02 Å². The van der Waals surface area contributed by atoms with Crippen LogP contribution in [0.1, 0.15) is 5.56 Å². The molecule has 0 aromatic heterocycles. The molecule has 2 aromatic rings. The summed E-state index contributed by atoms with van der Waals surface area (Å²) in [5.41, 5.74) is 3.13. The zero-order valence-electron chi connectivity index (χ0n) is 13.6. The molecule has 0 aliphatic heterocycles. The van der Waals surface area contributed by atoms with Crippen LogP contribution in [-0.2, 0) is 9.59 Å². The van der Waals surface area contributed by atoms with Crippen molar-refractivity contribution >= 4 is 35.3 Å². The zero-order valence-corrected chi connectivity index (χ0v) is 14.3. The fraction of sp³-hybridized carbons (Fsp3) is 0.118. The van der Waals surface area contributed by atoms with Crippen molar-refractivity contribution in [2.24, 2.45) is 5.10 Å². The molecule has 8 heteroatoms. The highest BCUT2D eigenvalue weighted by molar-refractivity contribution is 6.39. The fourth-order valence-corrected chi connectivity index (χ4v) is 2.17. The Hall–Kier alpha value is -3.06. The van der Waals surface area contributed by atoms with Gasteiger partial charge in [0, 0.05) is 16.3 Å². The van der Waals surface area contributed by atoms with E-state index in [0.29, 0.717) is 27.8 Å². The van der Waals surface area contributed by atoms with Gasteiger partial charge in [0.25, 0.3) is 0 Å². The first kappa shape index (κ1) is 18.3. The number of nitrogens with zero attached hydrogens (tertiary/aromatic N) is 1. The highest BCUT2D eigenvalue weighted by atomic mass is 35.5. The van der Waals surface area contributed by atoms with Gasteiger partial charge in [0.05, 0.1) is 20.4 Å². The number of hydrogen-bond donors (Lipinski definition) is 2. The van der Waals surface area contributed by atoms with Crippen molar-refractivity contribution in [3.8, 4) is 11.5 Å². The summed E-state index contributed by atoms with van der Waals surface area (Å²) in [6.45, 7) is 0. The largest absolute Gasteiger partial charge is 0.493 e. The maximum atomic E-state index is 11.8. The Labute approximate surface area is 149 Å². The lowest BCUT2D eigenvalue weighted by atomic mass is 10.2. The molecule has 0 heterocycles. The van der Waals surface area contributed by atoms with Crippen LogP contribution in [0, 0.1) is 0 Å². The van der Waals surface area contributed by atoms with Gasteiger partial charge in [-0.2, -0.15) is 5.10 Å². The lowest BCUT2D eigenvalue weighted by Crippen LogP contribution is -2.32. The summed E-state index contributed by atoms with van der Waals surface area (Å²) in [7, 11) is 3.01. The summed E-state index contributed by atoms with van der Waals surface area (Å²) >= 11 is 5.82. The standard InChI is InChI=1S/C17H16ClN3O4/c1-24-14-8-3-5-11(15(14)25-2)10-19-21-17(23)16(22)20-13-7-4-6-12(18)9-13/h3-10H,1-2H3,(H,20,22)(H,21,23)/b19-10+. The number of hydrazone groups is 1. The number of rotatable bonds is 5. The SMILES string of the molecule is COc1cccc(/C=N/NC(=O)C(=O)Nc2cccc(Cl)c2)c1OC. The molecule has 0 spiro atoms. The van der Waals surface area contributed by atoms with E-state index in [0.717, 1.165) is 0 Å². The zero-order chi connectivity index (χ0) is 18.2. The normalized spacial score (nSPS) is 10.4. The molecule has 130 valence electrons. The van der Waals surface area contributed by atoms with E-state index >= 15 is 0 Å². The van der Waals surface area contributed by atoms with E-state index in [2.05, 4.69) is 15.8 Å². The van der Waals surface area contributed by atoms with Gasteiger partial charge in [-0.05, 0) is 30.3 Å². The molecular formula is C17H16ClN3O4. The Morgan fingerprint density at radius 1 is 1.08 bits per heavy atom. The number of benzene rings is 2. The Bertz CT molecular complexity index is 808. The van der Waals surface area contributed by atoms with Crippen LogP contribution in [0.25, 0.3) is 0 Å². The first-order chi connectivity index (χ1) is 12.0. The molecule has 2 amide bonds. The van der Waals surface area contributed by atoms with E-state index in [9.17, 15) is 9.59 Å². The number of ether oxygens (including phenoxy) is 2. The Balaban J connectivity index is 1.99. The molecule has 0 bridgehead atoms. The van der Waals surface area contributed by atoms with Crippen molar-refractivity contribution in [1.29, 1.82) is 0 Å². The predicted molar refractivity (Wildman–Crippen MR) is 95.4 cm³/mol. The molecule has 0 saturated carbocycles. The first-order valence-electron chi connectivity index (χ1n) is 7.16. The summed E-state index contributed by atoms with van der Waals surface area (Å²) in [4.78, 5) is 23.6. The lowest BCUT2D eigenvalue weighted by Gasteiger charge is -2.09. The van der Waals surface area contributed by atoms with E-state index in [1.54, 1.807) is 36.4 Å². The molecule has 0 saturated heterocycles. The van der Waals surface area contributed by atoms with Crippen molar-refractivity contribution in [3.63, 3.8) is 0 Å². The third-order valence-corrected chi connectivity index (χ3v) is 3.33. The number of hydrogen-bond acceptors (Lipinski definition) is 5. The molecule has 2 rings (SSSR count). The second-order valence-corrected chi connectivity index (χ2v) is 5.18. The molecular weight excluding hydrogens is 346 g/mol. The quantitative estimate of drug-likeness (QED) is 0.486. The Morgan fingerprint density at radius 2 is 1.84 bits per heavy atom. The minimum absolute atomic E-state index is 0.408. The number of carbonyl (C=O) groups excluding carboxylic acids is 2. The number of anilines is 1. The first-order valence-corrected chi connectivity index (χ1v) is 7.54. The molecule has 0 atom stereocenters. The molecule has 0 aliphatic carbocycles. The minimum Gasteiger partial charge on any atom is -0.493 e. The van der Waals surface area contributed by atoms with Crippen LogP contribution in [0.15, 0.2) is 47.6 Å². The molecule has 7 nitrogen and oxygen atoms in total. The van der Waals surface area contributed by atoms with Crippen LogP contribution in [0.3, 0.4) is 0 Å². The van der Waals surface area contributed by atoms with Gasteiger partial charge in [0.15, 0.2) is 11.5 Å². The maximum absolute atomic E-state index is 11.8. The van der Waals surface area contributed by atoms with Gasteiger partial charge >= 0.3 is 11.8 Å². The van der Waals surface area contributed by atoms with Crippen molar-refractivity contribution < 1.29 is 19.1 Å². The summed E-state index contributed by atoms with van der Waals surface area (Å²) in [5.74, 6) is -0.794. The summed E-state index contributed by atoms with van der Waals surface area (Å²) in [6, 6.07) is 11.7. The van der Waals surface area contributed by atoms with Crippen molar-refractivity contribution in [1.82, 2.24) is 5.43 Å². The number of para-hydroxylation sites is 1. The van der Waals surface area contributed by atoms with Gasteiger partial charge < -0.3 is 14.8 Å². The van der Waals surface area contributed by atoms with E-state index in [1.165, 1.54) is 26.5 Å². The third-order valence-electron chi connectivity index (χ3n) is 3.09. The highest BCUT2D eigenvalue weighted by Crippen LogP contribution is 2.29. The van der Waals surface area contributed by atoms with E-state index in [-0.39, 0.29) is 0 Å². The second kappa shape index (κ2) is 8.70. The Kier molecular flexibility index (Phi) is 6.36. The summed E-state index contributed by atoms with van der Waals surface area (Å²) in [6.07, 6.45) is 1.35. The molecule has 0 aliphatic rings. The van der Waals surface area contributed by atoms with E-state index in [1.807, 2.05) is 0 Å². The molecule has 2 aromatic carbocycles. The fourth-order valence-electron chi connectivity index (χ4n) is 1.98. The topological polar surface area (TPSA) is 89.0 Å². The molecule has 0 unspecified atom stereocenters. The second-order valence-electron chi connectivity index (χ2n) is 4.75. The smallest absolute Gasteiger partial charge is 0.329 e. The summed E-state index contributed by atoms with van der Waals surface area (Å²) in [5, 5.41) is 6.62. The Morgan fingerprint density at radius 3 is 2.52 bits per heavy atom. The van der Waals surface area contributed by atoms with Gasteiger partial charge in [-0.1, -0.05) is 23.7 Å². The van der Waals surface area contributed by atoms with Crippen molar-refractivity contribution in [2.75, 3.05) is 19.5 Å². The molecule has 25 heavy (non-hydrogen) atoms. The van der Waals surface area contributed by atoms with Crippen LogP contribution >= 0.6 is 11.6 Å². The lowest BCUT2D eigenvalue weighted by molar-refractivity contribution is -0.136. The van der Waals surface area contributed by atoms with Crippen LogP contribution in [-0.4, -0.2) is 32.2 Å². The highest BCUT2D eigenvalue weighted by Gasteiger charge is 2.13. The minimum atomic E-state index is -0.918. The molecule has 2 N–H and O–H groups in total. The van der Waals surface area contributed by atoms with Crippen molar-refractivity contribution in [3.05, 3.63) is 53.1 Å². The average molecular weight is 362 g/mol. The van der Waals surface area contributed by atoms with Gasteiger partial charge in [-0.15, -0.1) is 0 Å². The van der Waals surface area contributed by atoms with Gasteiger partial charge in [0.2, 0.25) is 0 Å². The monoisotopic (exact) mass is 361 g/mol. The van der Waals surface area contributed by atoms with Crippen LogP contribution < -0.4 is 20.2 Å². The number of carbonyl (C=O) groups is 2. The van der Waals surface area contributed by atoms with E-state index in [4.69, 9.17) is 21.1 Å².